The molecule has 0 amide bonds. The van der Waals surface area contributed by atoms with E-state index in [9.17, 15) is 0 Å². The van der Waals surface area contributed by atoms with Gasteiger partial charge in [-0.05, 0) is 68.9 Å². The average Bonchev–Trinajstić information content (AvgIpc) is 3.03. The van der Waals surface area contributed by atoms with Gasteiger partial charge in [-0.25, -0.2) is 0 Å². The highest BCUT2D eigenvalue weighted by Crippen LogP contribution is 2.55. The molecule has 0 bridgehead atoms. The fourth-order valence-electron chi connectivity index (χ4n) is 3.80. The second kappa shape index (κ2) is 5.66. The largest absolute Gasteiger partial charge is 0.313 e. The molecule has 2 saturated carbocycles. The van der Waals surface area contributed by atoms with Gasteiger partial charge in [0.2, 0.25) is 0 Å². The molecule has 0 aromatic heterocycles. The Bertz CT molecular complexity index is 398. The Labute approximate surface area is 117 Å². The summed E-state index contributed by atoms with van der Waals surface area (Å²) in [5.41, 5.74) is 2.86. The standard InChI is InChI=1S/C18H27N/c1-3-8-19-18(17-11-15-10-16(15)12-17)9-14-6-4-13(2)5-7-14/h4-7,15-19H,3,8-12H2,1-2H3. The highest BCUT2D eigenvalue weighted by atomic mass is 14.9. The zero-order valence-electron chi connectivity index (χ0n) is 12.4. The van der Waals surface area contributed by atoms with E-state index in [1.165, 1.54) is 49.8 Å². The van der Waals surface area contributed by atoms with E-state index in [-0.39, 0.29) is 0 Å². The lowest BCUT2D eigenvalue weighted by Gasteiger charge is -2.26. The van der Waals surface area contributed by atoms with Gasteiger partial charge in [0.25, 0.3) is 0 Å². The highest BCUT2D eigenvalue weighted by molar-refractivity contribution is 5.22. The van der Waals surface area contributed by atoms with Crippen molar-refractivity contribution in [3.8, 4) is 0 Å². The maximum Gasteiger partial charge on any atom is 0.0136 e. The van der Waals surface area contributed by atoms with E-state index in [2.05, 4.69) is 43.4 Å². The fraction of sp³-hybridized carbons (Fsp3) is 0.667. The number of rotatable bonds is 6. The van der Waals surface area contributed by atoms with Crippen molar-refractivity contribution in [2.75, 3.05) is 6.54 Å². The molecule has 1 N–H and O–H groups in total. The van der Waals surface area contributed by atoms with Gasteiger partial charge in [0.15, 0.2) is 0 Å². The third-order valence-electron chi connectivity index (χ3n) is 5.08. The van der Waals surface area contributed by atoms with E-state index in [4.69, 9.17) is 0 Å². The molecular weight excluding hydrogens is 230 g/mol. The third-order valence-corrected chi connectivity index (χ3v) is 5.08. The SMILES string of the molecule is CCCNC(Cc1ccc(C)cc1)C1CC2CC2C1. The molecule has 0 saturated heterocycles. The van der Waals surface area contributed by atoms with Gasteiger partial charge in [-0.2, -0.15) is 0 Å². The Hall–Kier alpha value is -0.820. The van der Waals surface area contributed by atoms with Gasteiger partial charge in [0.1, 0.15) is 0 Å². The van der Waals surface area contributed by atoms with Crippen LogP contribution in [0.3, 0.4) is 0 Å². The molecule has 1 heteroatoms. The molecule has 2 aliphatic carbocycles. The predicted octanol–water partition coefficient (Wildman–Crippen LogP) is 3.95. The summed E-state index contributed by atoms with van der Waals surface area (Å²) >= 11 is 0. The number of benzene rings is 1. The first-order valence-corrected chi connectivity index (χ1v) is 8.05. The van der Waals surface area contributed by atoms with Crippen LogP contribution in [0.2, 0.25) is 0 Å². The fourth-order valence-corrected chi connectivity index (χ4v) is 3.80. The molecule has 1 aromatic rings. The third kappa shape index (κ3) is 3.20. The molecule has 1 aromatic carbocycles. The molecule has 19 heavy (non-hydrogen) atoms. The second-order valence-corrected chi connectivity index (χ2v) is 6.74. The zero-order chi connectivity index (χ0) is 13.2. The first-order valence-electron chi connectivity index (χ1n) is 8.05. The van der Waals surface area contributed by atoms with Crippen molar-refractivity contribution < 1.29 is 0 Å². The zero-order valence-corrected chi connectivity index (χ0v) is 12.4. The molecule has 3 rings (SSSR count). The molecule has 3 atom stereocenters. The molecule has 2 aliphatic rings. The summed E-state index contributed by atoms with van der Waals surface area (Å²) in [6.07, 6.45) is 6.95. The van der Waals surface area contributed by atoms with Crippen molar-refractivity contribution in [3.63, 3.8) is 0 Å². The molecular formula is C18H27N. The predicted molar refractivity (Wildman–Crippen MR) is 81.3 cm³/mol. The van der Waals surface area contributed by atoms with Crippen LogP contribution < -0.4 is 5.32 Å². The van der Waals surface area contributed by atoms with Crippen molar-refractivity contribution in [1.29, 1.82) is 0 Å². The van der Waals surface area contributed by atoms with E-state index in [1.54, 1.807) is 0 Å². The summed E-state index contributed by atoms with van der Waals surface area (Å²) in [7, 11) is 0. The topological polar surface area (TPSA) is 12.0 Å². The lowest BCUT2D eigenvalue weighted by molar-refractivity contribution is 0.332. The van der Waals surface area contributed by atoms with Gasteiger partial charge in [0, 0.05) is 6.04 Å². The lowest BCUT2D eigenvalue weighted by atomic mass is 9.89. The summed E-state index contributed by atoms with van der Waals surface area (Å²) in [4.78, 5) is 0. The summed E-state index contributed by atoms with van der Waals surface area (Å²) in [6, 6.07) is 9.82. The van der Waals surface area contributed by atoms with Crippen LogP contribution in [-0.4, -0.2) is 12.6 Å². The van der Waals surface area contributed by atoms with Crippen LogP contribution in [0.4, 0.5) is 0 Å². The Morgan fingerprint density at radius 1 is 1.11 bits per heavy atom. The number of hydrogen-bond acceptors (Lipinski definition) is 1. The average molecular weight is 257 g/mol. The van der Waals surface area contributed by atoms with Crippen molar-refractivity contribution in [2.24, 2.45) is 17.8 Å². The Kier molecular flexibility index (Phi) is 3.93. The van der Waals surface area contributed by atoms with Gasteiger partial charge < -0.3 is 5.32 Å². The molecule has 0 heterocycles. The van der Waals surface area contributed by atoms with Crippen molar-refractivity contribution >= 4 is 0 Å². The van der Waals surface area contributed by atoms with Crippen molar-refractivity contribution in [3.05, 3.63) is 35.4 Å². The maximum atomic E-state index is 3.82. The second-order valence-electron chi connectivity index (χ2n) is 6.74. The van der Waals surface area contributed by atoms with Crippen LogP contribution >= 0.6 is 0 Å². The number of aryl methyl sites for hydroxylation is 1. The Balaban J connectivity index is 1.62. The van der Waals surface area contributed by atoms with E-state index in [0.29, 0.717) is 6.04 Å². The minimum absolute atomic E-state index is 0.704. The van der Waals surface area contributed by atoms with Crippen LogP contribution in [0.25, 0.3) is 0 Å². The van der Waals surface area contributed by atoms with E-state index in [1.807, 2.05) is 0 Å². The molecule has 0 spiro atoms. The molecule has 3 unspecified atom stereocenters. The van der Waals surface area contributed by atoms with E-state index in [0.717, 1.165) is 17.8 Å². The Morgan fingerprint density at radius 3 is 2.42 bits per heavy atom. The lowest BCUT2D eigenvalue weighted by Crippen LogP contribution is -2.38. The number of nitrogens with one attached hydrogen (secondary N) is 1. The normalized spacial score (nSPS) is 30.1. The van der Waals surface area contributed by atoms with E-state index < -0.39 is 0 Å². The Morgan fingerprint density at radius 2 is 1.79 bits per heavy atom. The van der Waals surface area contributed by atoms with Crippen molar-refractivity contribution in [1.82, 2.24) is 5.32 Å². The quantitative estimate of drug-likeness (QED) is 0.813. The molecule has 104 valence electrons. The first kappa shape index (κ1) is 13.2. The van der Waals surface area contributed by atoms with Gasteiger partial charge in [0.05, 0.1) is 0 Å². The number of fused-ring (bicyclic) bond motifs is 1. The van der Waals surface area contributed by atoms with Crippen LogP contribution in [0.1, 0.15) is 43.7 Å². The summed E-state index contributed by atoms with van der Waals surface area (Å²) in [5.74, 6) is 3.11. The summed E-state index contributed by atoms with van der Waals surface area (Å²) in [5, 5.41) is 3.82. The van der Waals surface area contributed by atoms with Gasteiger partial charge in [-0.1, -0.05) is 36.8 Å². The van der Waals surface area contributed by atoms with Crippen LogP contribution in [0, 0.1) is 24.7 Å². The minimum Gasteiger partial charge on any atom is -0.313 e. The van der Waals surface area contributed by atoms with Crippen LogP contribution in [-0.2, 0) is 6.42 Å². The minimum atomic E-state index is 0.704. The highest BCUT2D eigenvalue weighted by Gasteiger charge is 2.47. The summed E-state index contributed by atoms with van der Waals surface area (Å²) < 4.78 is 0. The molecule has 0 radical (unpaired) electrons. The monoisotopic (exact) mass is 257 g/mol. The molecule has 1 nitrogen and oxygen atoms in total. The molecule has 0 aliphatic heterocycles. The van der Waals surface area contributed by atoms with Gasteiger partial charge in [-0.15, -0.1) is 0 Å². The van der Waals surface area contributed by atoms with Crippen LogP contribution in [0.15, 0.2) is 24.3 Å². The maximum absolute atomic E-state index is 3.82. The van der Waals surface area contributed by atoms with E-state index >= 15 is 0 Å². The number of hydrogen-bond donors (Lipinski definition) is 1. The smallest absolute Gasteiger partial charge is 0.0136 e. The first-order chi connectivity index (χ1) is 9.26. The van der Waals surface area contributed by atoms with Gasteiger partial charge in [-0.3, -0.25) is 0 Å². The molecule has 2 fully saturated rings. The van der Waals surface area contributed by atoms with Crippen LogP contribution in [0.5, 0.6) is 0 Å². The van der Waals surface area contributed by atoms with Crippen molar-refractivity contribution in [2.45, 2.75) is 52.0 Å². The summed E-state index contributed by atoms with van der Waals surface area (Å²) in [6.45, 7) is 5.60. The van der Waals surface area contributed by atoms with Gasteiger partial charge >= 0.3 is 0 Å².